The first-order valence-electron chi connectivity index (χ1n) is 15.7. The van der Waals surface area contributed by atoms with Crippen molar-refractivity contribution in [3.05, 3.63) is 68.8 Å². The van der Waals surface area contributed by atoms with Crippen molar-refractivity contribution in [2.45, 2.75) is 90.8 Å². The highest BCUT2D eigenvalue weighted by Crippen LogP contribution is 2.32. The molecule has 12 heteroatoms. The highest BCUT2D eigenvalue weighted by molar-refractivity contribution is 6.42. The molecule has 1 saturated carbocycles. The fraction of sp³-hybridized carbons (Fsp3) is 0.429. The molecule has 0 spiro atoms. The number of fused-ring (bicyclic) bond motifs is 1. The number of nitrogens with one attached hydrogen (secondary N) is 2. The third-order valence-corrected chi connectivity index (χ3v) is 9.25. The lowest BCUT2D eigenvalue weighted by Gasteiger charge is -2.38. The SMILES string of the molecule is Cc1cccc2[nH]c(C(=O)N(C3CCCCC3)[C@@H](C)C(=O)NC(C(=O)CC(=O)c3c(Cl)cccc3Cl)C(=O)C(=O)O)c(CC(C)C)c12. The maximum absolute atomic E-state index is 14.5. The summed E-state index contributed by atoms with van der Waals surface area (Å²) in [5, 5.41) is 12.6. The fourth-order valence-corrected chi connectivity index (χ4v) is 6.97. The van der Waals surface area contributed by atoms with Crippen LogP contribution in [0.2, 0.25) is 10.0 Å². The van der Waals surface area contributed by atoms with Crippen molar-refractivity contribution >= 4 is 69.2 Å². The van der Waals surface area contributed by atoms with Crippen molar-refractivity contribution in [3.63, 3.8) is 0 Å². The van der Waals surface area contributed by atoms with Crippen LogP contribution in [0, 0.1) is 12.8 Å². The molecule has 1 aliphatic carbocycles. The van der Waals surface area contributed by atoms with Gasteiger partial charge in [-0.3, -0.25) is 24.0 Å². The van der Waals surface area contributed by atoms with E-state index in [2.05, 4.69) is 24.1 Å². The van der Waals surface area contributed by atoms with Crippen LogP contribution in [0.4, 0.5) is 0 Å². The van der Waals surface area contributed by atoms with E-state index in [0.29, 0.717) is 25.0 Å². The molecule has 0 aliphatic heterocycles. The maximum Gasteiger partial charge on any atom is 0.374 e. The van der Waals surface area contributed by atoms with Crippen LogP contribution in [0.5, 0.6) is 0 Å². The number of hydrogen-bond donors (Lipinski definition) is 3. The van der Waals surface area contributed by atoms with Crippen LogP contribution in [0.3, 0.4) is 0 Å². The average molecular weight is 685 g/mol. The van der Waals surface area contributed by atoms with Gasteiger partial charge in [0.15, 0.2) is 17.6 Å². The Morgan fingerprint density at radius 3 is 2.17 bits per heavy atom. The van der Waals surface area contributed by atoms with Gasteiger partial charge in [-0.15, -0.1) is 0 Å². The first-order valence-corrected chi connectivity index (χ1v) is 16.5. The summed E-state index contributed by atoms with van der Waals surface area (Å²) in [6.45, 7) is 7.58. The van der Waals surface area contributed by atoms with E-state index >= 15 is 0 Å². The van der Waals surface area contributed by atoms with Gasteiger partial charge in [0.1, 0.15) is 11.7 Å². The molecule has 47 heavy (non-hydrogen) atoms. The van der Waals surface area contributed by atoms with Crippen LogP contribution in [-0.2, 0) is 25.6 Å². The second-order valence-corrected chi connectivity index (χ2v) is 13.3. The summed E-state index contributed by atoms with van der Waals surface area (Å²) in [6.07, 6.45) is 3.63. The van der Waals surface area contributed by atoms with Crippen LogP contribution in [0.25, 0.3) is 10.9 Å². The Labute approximate surface area is 283 Å². The molecule has 1 aromatic heterocycles. The number of aryl methyl sites for hydroxylation is 1. The van der Waals surface area contributed by atoms with Crippen molar-refractivity contribution in [1.29, 1.82) is 0 Å². The number of rotatable bonds is 13. The van der Waals surface area contributed by atoms with Crippen LogP contribution in [-0.4, -0.2) is 68.2 Å². The Morgan fingerprint density at radius 1 is 0.957 bits per heavy atom. The topological polar surface area (TPSA) is 154 Å². The Balaban J connectivity index is 1.68. The maximum atomic E-state index is 14.5. The van der Waals surface area contributed by atoms with Gasteiger partial charge >= 0.3 is 5.97 Å². The molecule has 3 aromatic rings. The van der Waals surface area contributed by atoms with Gasteiger partial charge < -0.3 is 20.3 Å². The monoisotopic (exact) mass is 683 g/mol. The van der Waals surface area contributed by atoms with Crippen LogP contribution >= 0.6 is 23.2 Å². The number of Topliss-reactive ketones (excluding diaryl/α,β-unsaturated/α-hetero) is 3. The lowest BCUT2D eigenvalue weighted by atomic mass is 9.91. The van der Waals surface area contributed by atoms with Crippen molar-refractivity contribution in [2.75, 3.05) is 0 Å². The molecule has 3 N–H and O–H groups in total. The molecule has 0 saturated heterocycles. The van der Waals surface area contributed by atoms with Crippen molar-refractivity contribution in [2.24, 2.45) is 5.92 Å². The Bertz CT molecular complexity index is 1700. The minimum atomic E-state index is -2.18. The number of nitrogens with zero attached hydrogens (tertiary/aromatic N) is 1. The number of carboxylic acids is 1. The molecule has 2 atom stereocenters. The fourth-order valence-electron chi connectivity index (χ4n) is 6.37. The Morgan fingerprint density at radius 2 is 1.57 bits per heavy atom. The number of ketones is 3. The molecular formula is C35H39Cl2N3O7. The number of carbonyl (C=O) groups excluding carboxylic acids is 5. The molecule has 1 heterocycles. The van der Waals surface area contributed by atoms with Crippen molar-refractivity contribution < 1.29 is 33.9 Å². The number of aliphatic carboxylic acids is 1. The Kier molecular flexibility index (Phi) is 11.6. The molecule has 2 aromatic carbocycles. The average Bonchev–Trinajstić information content (AvgIpc) is 3.38. The largest absolute Gasteiger partial charge is 0.475 e. The third kappa shape index (κ3) is 7.93. The first-order chi connectivity index (χ1) is 22.2. The van der Waals surface area contributed by atoms with E-state index in [1.54, 1.807) is 0 Å². The number of benzene rings is 2. The van der Waals surface area contributed by atoms with Gasteiger partial charge in [0.25, 0.3) is 11.7 Å². The summed E-state index contributed by atoms with van der Waals surface area (Å²) in [4.78, 5) is 83.8. The van der Waals surface area contributed by atoms with Crippen LogP contribution < -0.4 is 5.32 Å². The van der Waals surface area contributed by atoms with E-state index in [9.17, 15) is 33.9 Å². The van der Waals surface area contributed by atoms with Gasteiger partial charge in [-0.2, -0.15) is 0 Å². The molecule has 250 valence electrons. The van der Waals surface area contributed by atoms with E-state index < -0.39 is 53.6 Å². The molecular weight excluding hydrogens is 645 g/mol. The molecule has 10 nitrogen and oxygen atoms in total. The van der Waals surface area contributed by atoms with Gasteiger partial charge in [0.2, 0.25) is 5.91 Å². The lowest BCUT2D eigenvalue weighted by Crippen LogP contribution is -2.58. The summed E-state index contributed by atoms with van der Waals surface area (Å²) < 4.78 is 0. The minimum absolute atomic E-state index is 0.0280. The lowest BCUT2D eigenvalue weighted by molar-refractivity contribution is -0.152. The highest BCUT2D eigenvalue weighted by atomic mass is 35.5. The summed E-state index contributed by atoms with van der Waals surface area (Å²) in [5.41, 5.74) is 2.85. The molecule has 1 unspecified atom stereocenters. The molecule has 2 amide bonds. The molecule has 4 rings (SSSR count). The zero-order chi connectivity index (χ0) is 34.6. The summed E-state index contributed by atoms with van der Waals surface area (Å²) in [5.74, 6) is -6.66. The van der Waals surface area contributed by atoms with E-state index in [4.69, 9.17) is 23.2 Å². The quantitative estimate of drug-likeness (QED) is 0.111. The number of amides is 2. The summed E-state index contributed by atoms with van der Waals surface area (Å²) in [6, 6.07) is 6.38. The molecule has 0 bridgehead atoms. The van der Waals surface area contributed by atoms with Gasteiger partial charge in [0.05, 0.1) is 22.0 Å². The van der Waals surface area contributed by atoms with E-state index in [1.165, 1.54) is 30.0 Å². The third-order valence-electron chi connectivity index (χ3n) is 8.62. The standard InChI is InChI=1S/C35H39Cl2N3O7/c1-18(2)16-22-28-19(3)10-8-15-25(28)38-30(22)34(45)40(21-11-6-5-7-12-21)20(4)33(44)39-31(32(43)35(46)47)27(42)17-26(41)29-23(36)13-9-14-24(29)37/h8-10,13-15,18,20-21,31,38H,5-7,11-12,16-17H2,1-4H3,(H,39,44)(H,46,47)/t20-,31?/m0/s1. The van der Waals surface area contributed by atoms with Gasteiger partial charge in [-0.1, -0.05) is 74.5 Å². The number of hydrogen-bond acceptors (Lipinski definition) is 6. The smallest absolute Gasteiger partial charge is 0.374 e. The van der Waals surface area contributed by atoms with Crippen molar-refractivity contribution in [1.82, 2.24) is 15.2 Å². The number of H-pyrrole nitrogens is 1. The first kappa shape index (κ1) is 35.8. The number of carboxylic acid groups (broad SMARTS) is 1. The van der Waals surface area contributed by atoms with E-state index in [1.807, 2.05) is 25.1 Å². The highest BCUT2D eigenvalue weighted by Gasteiger charge is 2.40. The Hall–Kier alpha value is -4.02. The summed E-state index contributed by atoms with van der Waals surface area (Å²) >= 11 is 12.2. The number of halogens is 2. The van der Waals surface area contributed by atoms with Gasteiger partial charge in [-0.05, 0) is 68.4 Å². The normalized spacial score (nSPS) is 14.9. The van der Waals surface area contributed by atoms with Gasteiger partial charge in [0, 0.05) is 16.9 Å². The predicted molar refractivity (Wildman–Crippen MR) is 179 cm³/mol. The van der Waals surface area contributed by atoms with E-state index in [0.717, 1.165) is 41.3 Å². The number of aromatic amines is 1. The zero-order valence-electron chi connectivity index (χ0n) is 26.8. The van der Waals surface area contributed by atoms with E-state index in [-0.39, 0.29) is 27.6 Å². The van der Waals surface area contributed by atoms with Crippen LogP contribution in [0.1, 0.15) is 91.3 Å². The molecule has 1 fully saturated rings. The summed E-state index contributed by atoms with van der Waals surface area (Å²) in [7, 11) is 0. The number of aromatic nitrogens is 1. The van der Waals surface area contributed by atoms with Gasteiger partial charge in [-0.25, -0.2) is 4.79 Å². The second-order valence-electron chi connectivity index (χ2n) is 12.5. The zero-order valence-corrected chi connectivity index (χ0v) is 28.3. The minimum Gasteiger partial charge on any atom is -0.475 e. The molecule has 0 radical (unpaired) electrons. The van der Waals surface area contributed by atoms with Crippen LogP contribution in [0.15, 0.2) is 36.4 Å². The molecule has 1 aliphatic rings. The number of carbonyl (C=O) groups is 6. The van der Waals surface area contributed by atoms with Crippen molar-refractivity contribution in [3.8, 4) is 0 Å². The second kappa shape index (κ2) is 15.3. The predicted octanol–water partition coefficient (Wildman–Crippen LogP) is 6.13.